The Labute approximate surface area is 152 Å². The molecule has 2 aromatic rings. The van der Waals surface area contributed by atoms with Crippen LogP contribution in [0.3, 0.4) is 0 Å². The van der Waals surface area contributed by atoms with Crippen LogP contribution < -0.4 is 14.9 Å². The van der Waals surface area contributed by atoms with Crippen LogP contribution >= 0.6 is 11.6 Å². The van der Waals surface area contributed by atoms with Crippen LogP contribution in [0, 0.1) is 0 Å². The van der Waals surface area contributed by atoms with Crippen LogP contribution in [0.1, 0.15) is 31.9 Å². The van der Waals surface area contributed by atoms with E-state index in [4.69, 9.17) is 21.3 Å². The number of rotatable bonds is 4. The van der Waals surface area contributed by atoms with Gasteiger partial charge in [0.1, 0.15) is 5.75 Å². The smallest absolute Gasteiger partial charge is 0.504 e. The van der Waals surface area contributed by atoms with Gasteiger partial charge in [0, 0.05) is 34.9 Å². The van der Waals surface area contributed by atoms with Crippen molar-refractivity contribution in [3.8, 4) is 5.75 Å². The average molecular weight is 359 g/mol. The molecule has 1 aliphatic heterocycles. The summed E-state index contributed by atoms with van der Waals surface area (Å²) >= 11 is 5.96. The highest BCUT2D eigenvalue weighted by molar-refractivity contribution is 6.30. The molecule has 1 heterocycles. The van der Waals surface area contributed by atoms with Crippen molar-refractivity contribution in [2.24, 2.45) is 0 Å². The minimum absolute atomic E-state index is 0.00881. The fraction of sp³-hybridized carbons (Fsp3) is 0.278. The minimum atomic E-state index is -0.388. The van der Waals surface area contributed by atoms with Gasteiger partial charge >= 0.3 is 7.69 Å². The maximum absolute atomic E-state index is 12.1. The van der Waals surface area contributed by atoms with Crippen LogP contribution in [0.4, 0.5) is 11.4 Å². The Hall–Kier alpha value is -2.18. The predicted octanol–water partition coefficient (Wildman–Crippen LogP) is 3.28. The Kier molecular flexibility index (Phi) is 5.20. The molecule has 130 valence electrons. The molecule has 3 rings (SSSR count). The van der Waals surface area contributed by atoms with Gasteiger partial charge in [-0.15, -0.1) is 0 Å². The van der Waals surface area contributed by atoms with Crippen molar-refractivity contribution >= 4 is 36.6 Å². The van der Waals surface area contributed by atoms with Crippen LogP contribution in [0.2, 0.25) is 5.02 Å². The average Bonchev–Trinajstić information content (AvgIpc) is 2.57. The fourth-order valence-corrected chi connectivity index (χ4v) is 3.50. The molecule has 0 bridgehead atoms. The molecular formula is C18H20BClN2O3. The van der Waals surface area contributed by atoms with Crippen LogP contribution in [0.15, 0.2) is 42.5 Å². The number of nitrogens with one attached hydrogen (secondary N) is 1. The zero-order chi connectivity index (χ0) is 18.0. The first-order valence-electron chi connectivity index (χ1n) is 8.19. The van der Waals surface area contributed by atoms with E-state index in [1.165, 1.54) is 0 Å². The van der Waals surface area contributed by atoms with E-state index in [0.29, 0.717) is 10.8 Å². The number of hydrogen-bond acceptors (Lipinski definition) is 4. The summed E-state index contributed by atoms with van der Waals surface area (Å²) in [5, 5.41) is 13.2. The minimum Gasteiger partial charge on any atom is -0.539 e. The lowest BCUT2D eigenvalue weighted by Crippen LogP contribution is -2.43. The molecule has 2 aromatic carbocycles. The first-order chi connectivity index (χ1) is 12.0. The lowest BCUT2D eigenvalue weighted by Gasteiger charge is -2.39. The third kappa shape index (κ3) is 3.75. The van der Waals surface area contributed by atoms with Crippen molar-refractivity contribution in [2.75, 3.05) is 10.2 Å². The van der Waals surface area contributed by atoms with Gasteiger partial charge in [0.2, 0.25) is 5.91 Å². The van der Waals surface area contributed by atoms with Gasteiger partial charge in [-0.05, 0) is 55.8 Å². The van der Waals surface area contributed by atoms with E-state index < -0.39 is 0 Å². The normalized spacial score (nSPS) is 19.1. The molecule has 2 N–H and O–H groups in total. The van der Waals surface area contributed by atoms with Crippen molar-refractivity contribution < 1.29 is 14.5 Å². The van der Waals surface area contributed by atoms with Crippen molar-refractivity contribution in [3.05, 3.63) is 53.1 Å². The number of carbonyl (C=O) groups excluding carboxylic acids is 1. The second-order valence-electron chi connectivity index (χ2n) is 6.17. The Morgan fingerprint density at radius 3 is 2.68 bits per heavy atom. The Balaban J connectivity index is 1.98. The number of amides is 1. The summed E-state index contributed by atoms with van der Waals surface area (Å²) in [5.41, 5.74) is 2.79. The molecule has 2 unspecified atom stereocenters. The van der Waals surface area contributed by atoms with Gasteiger partial charge in [-0.1, -0.05) is 11.6 Å². The molecule has 25 heavy (non-hydrogen) atoms. The molecule has 0 saturated heterocycles. The Morgan fingerprint density at radius 1 is 1.32 bits per heavy atom. The van der Waals surface area contributed by atoms with Gasteiger partial charge in [0.25, 0.3) is 0 Å². The highest BCUT2D eigenvalue weighted by Crippen LogP contribution is 2.40. The van der Waals surface area contributed by atoms with E-state index >= 15 is 0 Å². The number of benzene rings is 2. The standard InChI is InChI=1S/C18H20BClN2O3/c1-11-9-17(21-14-5-3-13(20)4-6-14)16-10-15(25-19-24)7-8-18(16)22(11)12(2)23/h3-8,10-11,17,19,21,24H,9H2,1-2H3. The van der Waals surface area contributed by atoms with Crippen LogP contribution in [-0.2, 0) is 4.79 Å². The molecular weight excluding hydrogens is 338 g/mol. The quantitative estimate of drug-likeness (QED) is 0.824. The molecule has 5 nitrogen and oxygen atoms in total. The first-order valence-corrected chi connectivity index (χ1v) is 8.57. The summed E-state index contributed by atoms with van der Waals surface area (Å²) in [6.45, 7) is 3.62. The zero-order valence-electron chi connectivity index (χ0n) is 14.2. The molecule has 7 heteroatoms. The van der Waals surface area contributed by atoms with Crippen LogP contribution in [-0.4, -0.2) is 24.7 Å². The summed E-state index contributed by atoms with van der Waals surface area (Å²) < 4.78 is 5.22. The summed E-state index contributed by atoms with van der Waals surface area (Å²) in [4.78, 5) is 13.9. The number of halogens is 1. The topological polar surface area (TPSA) is 61.8 Å². The Morgan fingerprint density at radius 2 is 2.04 bits per heavy atom. The van der Waals surface area contributed by atoms with E-state index in [2.05, 4.69) is 5.32 Å². The molecule has 1 amide bonds. The summed E-state index contributed by atoms with van der Waals surface area (Å²) in [7, 11) is -0.388. The lowest BCUT2D eigenvalue weighted by molar-refractivity contribution is -0.117. The van der Waals surface area contributed by atoms with Gasteiger partial charge in [-0.3, -0.25) is 4.79 Å². The van der Waals surface area contributed by atoms with Gasteiger partial charge < -0.3 is 19.9 Å². The summed E-state index contributed by atoms with van der Waals surface area (Å²) in [5.74, 6) is 0.580. The maximum Gasteiger partial charge on any atom is 0.504 e. The SMILES string of the molecule is CC(=O)N1c2ccc(OBO)cc2C(Nc2ccc(Cl)cc2)CC1C. The molecule has 0 aliphatic carbocycles. The van der Waals surface area contributed by atoms with E-state index in [-0.39, 0.29) is 25.7 Å². The maximum atomic E-state index is 12.1. The van der Waals surface area contributed by atoms with Gasteiger partial charge in [-0.25, -0.2) is 0 Å². The van der Waals surface area contributed by atoms with Crippen molar-refractivity contribution in [3.63, 3.8) is 0 Å². The molecule has 0 saturated carbocycles. The largest absolute Gasteiger partial charge is 0.539 e. The van der Waals surface area contributed by atoms with Crippen molar-refractivity contribution in [2.45, 2.75) is 32.4 Å². The molecule has 0 radical (unpaired) electrons. The second-order valence-corrected chi connectivity index (χ2v) is 6.61. The zero-order valence-corrected chi connectivity index (χ0v) is 15.0. The summed E-state index contributed by atoms with van der Waals surface area (Å²) in [6, 6.07) is 13.1. The van der Waals surface area contributed by atoms with E-state index in [0.717, 1.165) is 23.4 Å². The van der Waals surface area contributed by atoms with Gasteiger partial charge in [0.05, 0.1) is 6.04 Å². The van der Waals surface area contributed by atoms with Crippen LogP contribution in [0.5, 0.6) is 5.75 Å². The number of nitrogens with zero attached hydrogens (tertiary/aromatic N) is 1. The predicted molar refractivity (Wildman–Crippen MR) is 101 cm³/mol. The second kappa shape index (κ2) is 7.37. The number of carbonyl (C=O) groups is 1. The van der Waals surface area contributed by atoms with E-state index in [1.54, 1.807) is 17.9 Å². The number of fused-ring (bicyclic) bond motifs is 1. The number of anilines is 2. The lowest BCUT2D eigenvalue weighted by atomic mass is 9.91. The molecule has 0 fully saturated rings. The van der Waals surface area contributed by atoms with Crippen LogP contribution in [0.25, 0.3) is 0 Å². The fourth-order valence-electron chi connectivity index (χ4n) is 3.37. The monoisotopic (exact) mass is 358 g/mol. The molecule has 2 atom stereocenters. The highest BCUT2D eigenvalue weighted by atomic mass is 35.5. The molecule has 1 aliphatic rings. The first kappa shape index (κ1) is 17.6. The van der Waals surface area contributed by atoms with E-state index in [1.807, 2.05) is 43.3 Å². The van der Waals surface area contributed by atoms with Crippen molar-refractivity contribution in [1.29, 1.82) is 0 Å². The van der Waals surface area contributed by atoms with Gasteiger partial charge in [-0.2, -0.15) is 0 Å². The van der Waals surface area contributed by atoms with E-state index in [9.17, 15) is 4.79 Å². The third-order valence-corrected chi connectivity index (χ3v) is 4.66. The number of hydrogen-bond donors (Lipinski definition) is 2. The highest BCUT2D eigenvalue weighted by Gasteiger charge is 2.32. The molecule has 0 aromatic heterocycles. The summed E-state index contributed by atoms with van der Waals surface area (Å²) in [6.07, 6.45) is 0.762. The third-order valence-electron chi connectivity index (χ3n) is 4.41. The molecule has 0 spiro atoms. The van der Waals surface area contributed by atoms with Gasteiger partial charge in [0.15, 0.2) is 0 Å². The Bertz CT molecular complexity index is 769. The van der Waals surface area contributed by atoms with Crippen molar-refractivity contribution in [1.82, 2.24) is 0 Å².